The van der Waals surface area contributed by atoms with Gasteiger partial charge in [0.1, 0.15) is 5.54 Å². The van der Waals surface area contributed by atoms with Crippen LogP contribution in [0.15, 0.2) is 30.3 Å². The zero-order chi connectivity index (χ0) is 18.7. The van der Waals surface area contributed by atoms with E-state index in [0.29, 0.717) is 25.2 Å². The zero-order valence-electron chi connectivity index (χ0n) is 16.5. The average molecular weight is 372 g/mol. The van der Waals surface area contributed by atoms with Gasteiger partial charge >= 0.3 is 0 Å². The number of ether oxygens (including phenoxy) is 1. The molecule has 2 aliphatic heterocycles. The maximum absolute atomic E-state index is 12.7. The van der Waals surface area contributed by atoms with Crippen molar-refractivity contribution < 1.29 is 9.53 Å². The lowest BCUT2D eigenvalue weighted by Gasteiger charge is -2.47. The van der Waals surface area contributed by atoms with Gasteiger partial charge in [0, 0.05) is 32.8 Å². The van der Waals surface area contributed by atoms with E-state index >= 15 is 0 Å². The Kier molecular flexibility index (Phi) is 5.81. The summed E-state index contributed by atoms with van der Waals surface area (Å²) in [7, 11) is 1.73. The minimum atomic E-state index is -0.314. The fourth-order valence-corrected chi connectivity index (χ4v) is 5.53. The summed E-state index contributed by atoms with van der Waals surface area (Å²) in [6.07, 6.45) is 7.10. The van der Waals surface area contributed by atoms with Gasteiger partial charge < -0.3 is 10.1 Å². The number of hydrogen-bond acceptors (Lipinski definition) is 4. The molecule has 1 aromatic rings. The molecule has 1 aromatic carbocycles. The van der Waals surface area contributed by atoms with E-state index in [1.807, 2.05) is 0 Å². The smallest absolute Gasteiger partial charge is 0.241 e. The van der Waals surface area contributed by atoms with Gasteiger partial charge in [0.05, 0.1) is 13.3 Å². The van der Waals surface area contributed by atoms with Crippen molar-refractivity contribution in [2.24, 2.45) is 0 Å². The second-order valence-electron chi connectivity index (χ2n) is 8.36. The molecule has 4 rings (SSSR count). The molecule has 2 saturated heterocycles. The summed E-state index contributed by atoms with van der Waals surface area (Å²) in [6, 6.07) is 11.7. The average Bonchev–Trinajstić information content (AvgIpc) is 3.03. The Morgan fingerprint density at radius 3 is 2.63 bits per heavy atom. The Bertz CT molecular complexity index is 628. The van der Waals surface area contributed by atoms with Crippen LogP contribution in [0.4, 0.5) is 0 Å². The highest BCUT2D eigenvalue weighted by Gasteiger charge is 2.50. The summed E-state index contributed by atoms with van der Waals surface area (Å²) in [6.45, 7) is 4.21. The van der Waals surface area contributed by atoms with Crippen molar-refractivity contribution in [1.29, 1.82) is 0 Å². The lowest BCUT2D eigenvalue weighted by atomic mass is 9.77. The molecule has 148 valence electrons. The van der Waals surface area contributed by atoms with Gasteiger partial charge in [-0.2, -0.15) is 0 Å². The topological polar surface area (TPSA) is 44.8 Å². The van der Waals surface area contributed by atoms with Crippen LogP contribution in [0.3, 0.4) is 0 Å². The molecule has 1 saturated carbocycles. The minimum Gasteiger partial charge on any atom is -0.383 e. The number of carbonyl (C=O) groups excluding carboxylic acids is 1. The first kappa shape index (κ1) is 18.9. The van der Waals surface area contributed by atoms with Crippen LogP contribution in [0.25, 0.3) is 0 Å². The van der Waals surface area contributed by atoms with Crippen LogP contribution in [0.2, 0.25) is 0 Å². The molecule has 27 heavy (non-hydrogen) atoms. The van der Waals surface area contributed by atoms with E-state index in [1.165, 1.54) is 31.2 Å². The zero-order valence-corrected chi connectivity index (χ0v) is 16.5. The van der Waals surface area contributed by atoms with Gasteiger partial charge in [-0.3, -0.25) is 14.6 Å². The number of hydrogen-bond donors (Lipinski definition) is 1. The Hall–Kier alpha value is -1.43. The van der Waals surface area contributed by atoms with Crippen molar-refractivity contribution in [3.8, 4) is 0 Å². The number of nitrogens with zero attached hydrogens (tertiary/aromatic N) is 2. The van der Waals surface area contributed by atoms with Crippen molar-refractivity contribution in [1.82, 2.24) is 15.1 Å². The first-order valence-electron chi connectivity index (χ1n) is 10.6. The van der Waals surface area contributed by atoms with Crippen LogP contribution in [0.5, 0.6) is 0 Å². The molecule has 2 atom stereocenters. The van der Waals surface area contributed by atoms with Crippen molar-refractivity contribution in [2.75, 3.05) is 40.0 Å². The highest BCUT2D eigenvalue weighted by molar-refractivity contribution is 5.88. The van der Waals surface area contributed by atoms with Crippen molar-refractivity contribution in [2.45, 2.75) is 56.0 Å². The summed E-state index contributed by atoms with van der Waals surface area (Å²) < 4.78 is 5.26. The van der Waals surface area contributed by atoms with E-state index in [9.17, 15) is 4.79 Å². The first-order chi connectivity index (χ1) is 13.2. The van der Waals surface area contributed by atoms with Gasteiger partial charge in [-0.05, 0) is 37.2 Å². The van der Waals surface area contributed by atoms with E-state index in [-0.39, 0.29) is 11.4 Å². The molecule has 5 nitrogen and oxygen atoms in total. The standard InChI is InChI=1S/C22H33N3O2/c1-27-16-15-25-17-23-21(26)22(25)11-13-24(14-12-22)20-10-6-5-9-19(20)18-7-3-2-4-8-18/h2-4,7-8,19-20H,5-6,9-17H2,1H3,(H,23,26)/t19-,20-/m0/s1. The molecular weight excluding hydrogens is 338 g/mol. The van der Waals surface area contributed by atoms with Crippen LogP contribution in [-0.2, 0) is 9.53 Å². The predicted octanol–water partition coefficient (Wildman–Crippen LogP) is 2.58. The molecule has 3 fully saturated rings. The second kappa shape index (κ2) is 8.29. The number of nitrogens with one attached hydrogen (secondary N) is 1. The highest BCUT2D eigenvalue weighted by Crippen LogP contribution is 2.40. The maximum Gasteiger partial charge on any atom is 0.241 e. The van der Waals surface area contributed by atoms with Gasteiger partial charge in [0.25, 0.3) is 0 Å². The summed E-state index contributed by atoms with van der Waals surface area (Å²) >= 11 is 0. The molecule has 3 aliphatic rings. The highest BCUT2D eigenvalue weighted by atomic mass is 16.5. The van der Waals surface area contributed by atoms with Gasteiger partial charge in [0.2, 0.25) is 5.91 Å². The van der Waals surface area contributed by atoms with E-state index in [2.05, 4.69) is 45.4 Å². The Labute approximate surface area is 163 Å². The lowest BCUT2D eigenvalue weighted by molar-refractivity contribution is -0.130. The molecule has 1 N–H and O–H groups in total. The first-order valence-corrected chi connectivity index (χ1v) is 10.6. The predicted molar refractivity (Wildman–Crippen MR) is 107 cm³/mol. The normalized spacial score (nSPS) is 29.1. The lowest BCUT2D eigenvalue weighted by Crippen LogP contribution is -2.58. The van der Waals surface area contributed by atoms with Gasteiger partial charge in [-0.25, -0.2) is 0 Å². The van der Waals surface area contributed by atoms with Crippen LogP contribution < -0.4 is 5.32 Å². The largest absolute Gasteiger partial charge is 0.383 e. The SMILES string of the molecule is COCCN1CNC(=O)C12CCN([C@H]1CCCC[C@H]1c1ccccc1)CC2. The van der Waals surface area contributed by atoms with Crippen LogP contribution in [0.1, 0.15) is 50.0 Å². The Morgan fingerprint density at radius 2 is 1.89 bits per heavy atom. The molecule has 0 aromatic heterocycles. The fourth-order valence-electron chi connectivity index (χ4n) is 5.53. The third-order valence-electron chi connectivity index (χ3n) is 7.08. The number of benzene rings is 1. The summed E-state index contributed by atoms with van der Waals surface area (Å²) in [5.74, 6) is 0.859. The third kappa shape index (κ3) is 3.65. The van der Waals surface area contributed by atoms with Crippen molar-refractivity contribution >= 4 is 5.91 Å². The van der Waals surface area contributed by atoms with Crippen LogP contribution in [0, 0.1) is 0 Å². The Balaban J connectivity index is 1.45. The van der Waals surface area contributed by atoms with Gasteiger partial charge in [-0.1, -0.05) is 43.2 Å². The van der Waals surface area contributed by atoms with Crippen molar-refractivity contribution in [3.05, 3.63) is 35.9 Å². The second-order valence-corrected chi connectivity index (χ2v) is 8.36. The number of amides is 1. The maximum atomic E-state index is 12.7. The minimum absolute atomic E-state index is 0.224. The fraction of sp³-hybridized carbons (Fsp3) is 0.682. The van der Waals surface area contributed by atoms with Gasteiger partial charge in [0.15, 0.2) is 0 Å². The number of carbonyl (C=O) groups is 1. The number of rotatable bonds is 5. The van der Waals surface area contributed by atoms with Crippen LogP contribution >= 0.6 is 0 Å². The summed E-state index contributed by atoms with van der Waals surface area (Å²) in [4.78, 5) is 17.7. The molecule has 0 unspecified atom stereocenters. The summed E-state index contributed by atoms with van der Waals surface area (Å²) in [5, 5.41) is 3.08. The van der Waals surface area contributed by atoms with Gasteiger partial charge in [-0.15, -0.1) is 0 Å². The van der Waals surface area contributed by atoms with Crippen LogP contribution in [-0.4, -0.2) is 67.3 Å². The summed E-state index contributed by atoms with van der Waals surface area (Å²) in [5.41, 5.74) is 1.18. The van der Waals surface area contributed by atoms with E-state index in [4.69, 9.17) is 4.74 Å². The third-order valence-corrected chi connectivity index (χ3v) is 7.08. The molecule has 0 radical (unpaired) electrons. The monoisotopic (exact) mass is 371 g/mol. The number of piperidine rings is 1. The molecule has 5 heteroatoms. The molecule has 1 amide bonds. The number of methoxy groups -OCH3 is 1. The Morgan fingerprint density at radius 1 is 1.15 bits per heavy atom. The number of likely N-dealkylation sites (tertiary alicyclic amines) is 1. The van der Waals surface area contributed by atoms with E-state index in [1.54, 1.807) is 7.11 Å². The van der Waals surface area contributed by atoms with Crippen molar-refractivity contribution in [3.63, 3.8) is 0 Å². The molecule has 2 heterocycles. The molecule has 0 bridgehead atoms. The quantitative estimate of drug-likeness (QED) is 0.864. The molecule has 1 spiro atoms. The molecule has 1 aliphatic carbocycles. The van der Waals surface area contributed by atoms with E-state index in [0.717, 1.165) is 32.5 Å². The molecular formula is C22H33N3O2. The van der Waals surface area contributed by atoms with E-state index < -0.39 is 0 Å².